The van der Waals surface area contributed by atoms with E-state index in [0.717, 1.165) is 0 Å². The molecule has 4 aromatic rings. The minimum Gasteiger partial charge on any atom is -0.378 e. The molecule has 0 saturated heterocycles. The Balaban J connectivity index is 1.74. The van der Waals surface area contributed by atoms with E-state index in [4.69, 9.17) is 8.37 Å². The van der Waals surface area contributed by atoms with Gasteiger partial charge in [0.05, 0.1) is 0 Å². The third-order valence-corrected chi connectivity index (χ3v) is 6.80. The maximum Gasteiger partial charge on any atom is 0.339 e. The summed E-state index contributed by atoms with van der Waals surface area (Å²) in [4.78, 5) is 0.0297. The lowest BCUT2D eigenvalue weighted by Crippen LogP contribution is -2.11. The topological polar surface area (TPSA) is 86.7 Å². The highest BCUT2D eigenvalue weighted by Crippen LogP contribution is 2.34. The van der Waals surface area contributed by atoms with Gasteiger partial charge in [0, 0.05) is 10.8 Å². The molecular weight excluding hydrogens is 424 g/mol. The van der Waals surface area contributed by atoms with Crippen LogP contribution in [0.4, 0.5) is 0 Å². The van der Waals surface area contributed by atoms with E-state index in [-0.39, 0.29) is 21.3 Å². The first-order valence-electron chi connectivity index (χ1n) is 8.88. The van der Waals surface area contributed by atoms with E-state index < -0.39 is 20.2 Å². The van der Waals surface area contributed by atoms with Crippen LogP contribution in [-0.4, -0.2) is 16.8 Å². The number of hydrogen-bond donors (Lipinski definition) is 0. The van der Waals surface area contributed by atoms with E-state index >= 15 is 0 Å². The van der Waals surface area contributed by atoms with Crippen LogP contribution in [0.25, 0.3) is 10.8 Å². The summed E-state index contributed by atoms with van der Waals surface area (Å²) in [5.74, 6) is 0.137. The Morgan fingerprint density at radius 3 is 1.17 bits per heavy atom. The summed E-state index contributed by atoms with van der Waals surface area (Å²) in [6.07, 6.45) is 0. The van der Waals surface area contributed by atoms with Crippen LogP contribution in [0.1, 0.15) is 0 Å². The van der Waals surface area contributed by atoms with Gasteiger partial charge in [-0.15, -0.1) is 0 Å². The first-order chi connectivity index (χ1) is 14.4. The Bertz CT molecular complexity index is 1290. The maximum absolute atomic E-state index is 12.6. The highest BCUT2D eigenvalue weighted by Gasteiger charge is 2.20. The highest BCUT2D eigenvalue weighted by atomic mass is 32.2. The fraction of sp³-hybridized carbons (Fsp3) is 0. The molecule has 0 unspecified atom stereocenters. The van der Waals surface area contributed by atoms with Crippen molar-refractivity contribution in [3.63, 3.8) is 0 Å². The van der Waals surface area contributed by atoms with Crippen molar-refractivity contribution >= 4 is 31.0 Å². The van der Waals surface area contributed by atoms with Gasteiger partial charge in [-0.2, -0.15) is 16.8 Å². The van der Waals surface area contributed by atoms with Crippen LogP contribution in [-0.2, 0) is 20.2 Å². The fourth-order valence-electron chi connectivity index (χ4n) is 2.90. The van der Waals surface area contributed by atoms with Crippen LogP contribution < -0.4 is 8.37 Å². The van der Waals surface area contributed by atoms with Crippen molar-refractivity contribution in [2.24, 2.45) is 0 Å². The lowest BCUT2D eigenvalue weighted by Gasteiger charge is -2.13. The predicted molar refractivity (Wildman–Crippen MR) is 112 cm³/mol. The molecular formula is C22H16O6S2. The van der Waals surface area contributed by atoms with Crippen LogP contribution >= 0.6 is 0 Å². The average Bonchev–Trinajstić information content (AvgIpc) is 2.75. The molecule has 152 valence electrons. The van der Waals surface area contributed by atoms with E-state index in [1.54, 1.807) is 60.7 Å². The first kappa shape index (κ1) is 19.9. The van der Waals surface area contributed by atoms with Gasteiger partial charge in [0.15, 0.2) is 11.5 Å². The van der Waals surface area contributed by atoms with Gasteiger partial charge < -0.3 is 8.37 Å². The molecule has 8 heteroatoms. The van der Waals surface area contributed by atoms with Gasteiger partial charge >= 0.3 is 20.2 Å². The molecule has 0 spiro atoms. The van der Waals surface area contributed by atoms with E-state index in [2.05, 4.69) is 0 Å². The van der Waals surface area contributed by atoms with Crippen molar-refractivity contribution in [3.05, 3.63) is 97.1 Å². The molecule has 0 aromatic heterocycles. The molecule has 0 radical (unpaired) electrons. The monoisotopic (exact) mass is 440 g/mol. The van der Waals surface area contributed by atoms with Crippen molar-refractivity contribution in [1.82, 2.24) is 0 Å². The third-order valence-electron chi connectivity index (χ3n) is 4.30. The van der Waals surface area contributed by atoms with Crippen molar-refractivity contribution in [2.75, 3.05) is 0 Å². The van der Waals surface area contributed by atoms with Gasteiger partial charge in [-0.05, 0) is 36.4 Å². The van der Waals surface area contributed by atoms with E-state index in [1.165, 1.54) is 36.4 Å². The van der Waals surface area contributed by atoms with Gasteiger partial charge in [0.2, 0.25) is 0 Å². The molecule has 30 heavy (non-hydrogen) atoms. The normalized spacial score (nSPS) is 11.9. The summed E-state index contributed by atoms with van der Waals surface area (Å²) >= 11 is 0. The van der Waals surface area contributed by atoms with E-state index in [0.29, 0.717) is 10.8 Å². The zero-order valence-corrected chi connectivity index (χ0v) is 17.1. The molecule has 4 aromatic carbocycles. The SMILES string of the molecule is O=S(=O)(Oc1cccc2c(OS(=O)(=O)c3ccccc3)cccc12)c1ccccc1. The Kier molecular flexibility index (Phi) is 5.19. The molecule has 0 bridgehead atoms. The molecule has 0 amide bonds. The maximum atomic E-state index is 12.6. The Labute approximate surface area is 174 Å². The van der Waals surface area contributed by atoms with Gasteiger partial charge in [-0.25, -0.2) is 0 Å². The smallest absolute Gasteiger partial charge is 0.339 e. The molecule has 0 atom stereocenters. The van der Waals surface area contributed by atoms with Crippen LogP contribution in [0, 0.1) is 0 Å². The second kappa shape index (κ2) is 7.81. The van der Waals surface area contributed by atoms with E-state index in [1.807, 2.05) is 0 Å². The van der Waals surface area contributed by atoms with Gasteiger partial charge in [-0.1, -0.05) is 60.7 Å². The van der Waals surface area contributed by atoms with Crippen LogP contribution in [0.2, 0.25) is 0 Å². The zero-order valence-electron chi connectivity index (χ0n) is 15.5. The standard InChI is InChI=1S/C22H16O6S2/c23-29(24,17-9-3-1-4-10-17)27-21-15-7-14-20-19(21)13-8-16-22(20)28-30(25,26)18-11-5-2-6-12-18/h1-16H. The molecule has 0 fully saturated rings. The van der Waals surface area contributed by atoms with Gasteiger partial charge in [-0.3, -0.25) is 0 Å². The molecule has 0 aliphatic carbocycles. The van der Waals surface area contributed by atoms with E-state index in [9.17, 15) is 16.8 Å². The van der Waals surface area contributed by atoms with Crippen LogP contribution in [0.3, 0.4) is 0 Å². The summed E-state index contributed by atoms with van der Waals surface area (Å²) in [7, 11) is -8.11. The minimum atomic E-state index is -4.05. The van der Waals surface area contributed by atoms with Gasteiger partial charge in [0.25, 0.3) is 0 Å². The Morgan fingerprint density at radius 1 is 0.433 bits per heavy atom. The molecule has 4 rings (SSSR count). The fourth-order valence-corrected chi connectivity index (χ4v) is 4.84. The summed E-state index contributed by atoms with van der Waals surface area (Å²) < 4.78 is 61.1. The number of hydrogen-bond acceptors (Lipinski definition) is 6. The lowest BCUT2D eigenvalue weighted by atomic mass is 10.1. The minimum absolute atomic E-state index is 0.0149. The Hall–Kier alpha value is -3.36. The molecule has 0 aliphatic rings. The average molecular weight is 440 g/mol. The molecule has 0 saturated carbocycles. The third kappa shape index (κ3) is 4.00. The van der Waals surface area contributed by atoms with Crippen molar-refractivity contribution in [1.29, 1.82) is 0 Å². The summed E-state index contributed by atoms with van der Waals surface area (Å²) in [6.45, 7) is 0. The van der Waals surface area contributed by atoms with Crippen LogP contribution in [0.15, 0.2) is 107 Å². The second-order valence-electron chi connectivity index (χ2n) is 6.31. The number of benzene rings is 4. The van der Waals surface area contributed by atoms with Crippen LogP contribution in [0.5, 0.6) is 11.5 Å². The summed E-state index contributed by atoms with van der Waals surface area (Å²) in [5, 5.41) is 0.801. The summed E-state index contributed by atoms with van der Waals surface area (Å²) in [5.41, 5.74) is 0. The van der Waals surface area contributed by atoms with Crippen molar-refractivity contribution in [3.8, 4) is 11.5 Å². The Morgan fingerprint density at radius 2 is 0.800 bits per heavy atom. The second-order valence-corrected chi connectivity index (χ2v) is 9.40. The zero-order chi connectivity index (χ0) is 21.2. The highest BCUT2D eigenvalue weighted by molar-refractivity contribution is 7.87. The van der Waals surface area contributed by atoms with Crippen molar-refractivity contribution in [2.45, 2.75) is 9.79 Å². The molecule has 6 nitrogen and oxygen atoms in total. The lowest BCUT2D eigenvalue weighted by molar-refractivity contribution is 0.484. The van der Waals surface area contributed by atoms with Gasteiger partial charge in [0.1, 0.15) is 9.79 Å². The number of fused-ring (bicyclic) bond motifs is 1. The predicted octanol–water partition coefficient (Wildman–Crippen LogP) is 4.38. The quantitative estimate of drug-likeness (QED) is 0.414. The molecule has 0 heterocycles. The molecule has 0 aliphatic heterocycles. The number of rotatable bonds is 6. The summed E-state index contributed by atoms with van der Waals surface area (Å²) in [6, 6.07) is 24.9. The first-order valence-corrected chi connectivity index (χ1v) is 11.7. The largest absolute Gasteiger partial charge is 0.378 e. The van der Waals surface area contributed by atoms with Crippen molar-refractivity contribution < 1.29 is 25.2 Å². The molecule has 0 N–H and O–H groups in total.